The Balaban J connectivity index is 2.55. The van der Waals surface area contributed by atoms with Crippen LogP contribution >= 0.6 is 0 Å². The zero-order chi connectivity index (χ0) is 42.3. The molecule has 12 atom stereocenters. The molecule has 0 aromatic heterocycles. The summed E-state index contributed by atoms with van der Waals surface area (Å²) in [5.74, 6) is -3.83. The van der Waals surface area contributed by atoms with Crippen LogP contribution in [0.25, 0.3) is 0 Å². The average Bonchev–Trinajstić information content (AvgIpc) is 3.14. The van der Waals surface area contributed by atoms with Gasteiger partial charge in [-0.25, -0.2) is 4.79 Å². The molecule has 10 nitrogen and oxygen atoms in total. The molecule has 0 amide bonds. The molecule has 2 aliphatic rings. The molecule has 2 N–H and O–H groups in total. The standard InChI is InChI=1S/C46H76O10/c1-15-17-21-33(9)53-43-31(7)24-29(5)20-19-22-37(51-13)44(55-45(49)38(52-14)26-30(6)25-32(43)8)35(11)41(48)36(12)46(50)27-39(54-40(47)23-18-16-2)34(10)42(56-46)28(3)4/h19-20,22,25-26,28,31-32,34-37,39,41-44,48,50H,9,15-18,21,23-24,27H2,1-8,10-14H3/b22-19+,29-20+,30-25+,38-26-/t31-,32+,34-,35-,36-,37-,39+,41+,42-,43-,44+,46+/m0/s1. The molecule has 2 rings (SSSR count). The molecule has 56 heavy (non-hydrogen) atoms. The Labute approximate surface area is 338 Å². The second-order valence-corrected chi connectivity index (χ2v) is 16.9. The van der Waals surface area contributed by atoms with E-state index in [-0.39, 0.29) is 47.9 Å². The molecular formula is C46H76O10. The monoisotopic (exact) mass is 789 g/mol. The van der Waals surface area contributed by atoms with Gasteiger partial charge >= 0.3 is 11.9 Å². The predicted molar refractivity (Wildman–Crippen MR) is 221 cm³/mol. The number of cyclic esters (lactones) is 1. The number of ether oxygens (including phenoxy) is 6. The van der Waals surface area contributed by atoms with Gasteiger partial charge in [-0.3, -0.25) is 4.79 Å². The van der Waals surface area contributed by atoms with Crippen molar-refractivity contribution in [2.75, 3.05) is 14.2 Å². The van der Waals surface area contributed by atoms with Crippen molar-refractivity contribution in [1.29, 1.82) is 0 Å². The van der Waals surface area contributed by atoms with Crippen molar-refractivity contribution in [3.05, 3.63) is 59.6 Å². The number of carbonyl (C=O) groups is 2. The molecule has 0 aromatic carbocycles. The molecule has 0 bridgehead atoms. The lowest BCUT2D eigenvalue weighted by molar-refractivity contribution is -0.329. The minimum absolute atomic E-state index is 0.00426. The Morgan fingerprint density at radius 3 is 2.25 bits per heavy atom. The van der Waals surface area contributed by atoms with Crippen molar-refractivity contribution >= 4 is 11.9 Å². The van der Waals surface area contributed by atoms with Gasteiger partial charge in [0.2, 0.25) is 5.76 Å². The van der Waals surface area contributed by atoms with E-state index in [1.165, 1.54) is 14.2 Å². The van der Waals surface area contributed by atoms with Gasteiger partial charge in [0.05, 0.1) is 25.1 Å². The van der Waals surface area contributed by atoms with E-state index in [9.17, 15) is 19.8 Å². The van der Waals surface area contributed by atoms with E-state index in [0.717, 1.165) is 49.0 Å². The van der Waals surface area contributed by atoms with E-state index in [4.69, 9.17) is 28.4 Å². The highest BCUT2D eigenvalue weighted by Gasteiger charge is 2.53. The van der Waals surface area contributed by atoms with Crippen molar-refractivity contribution in [3.8, 4) is 0 Å². The van der Waals surface area contributed by atoms with Gasteiger partial charge in [0.25, 0.3) is 0 Å². The fourth-order valence-corrected chi connectivity index (χ4v) is 8.06. The Kier molecular flexibility index (Phi) is 20.6. The zero-order valence-corrected chi connectivity index (χ0v) is 36.8. The summed E-state index contributed by atoms with van der Waals surface area (Å²) in [4.78, 5) is 26.7. The number of carbonyl (C=O) groups excluding carboxylic acids is 2. The summed E-state index contributed by atoms with van der Waals surface area (Å²) < 4.78 is 36.5. The first-order valence-corrected chi connectivity index (χ1v) is 21.0. The van der Waals surface area contributed by atoms with Crippen LogP contribution in [0.15, 0.2) is 59.6 Å². The molecule has 1 fully saturated rings. The highest BCUT2D eigenvalue weighted by atomic mass is 16.6. The first-order chi connectivity index (χ1) is 26.3. The fourth-order valence-electron chi connectivity index (χ4n) is 8.06. The molecule has 2 heterocycles. The first kappa shape index (κ1) is 49.2. The molecule has 0 aromatic rings. The van der Waals surface area contributed by atoms with Crippen LogP contribution in [0.1, 0.15) is 128 Å². The Morgan fingerprint density at radius 2 is 1.66 bits per heavy atom. The van der Waals surface area contributed by atoms with Gasteiger partial charge in [-0.05, 0) is 51.0 Å². The van der Waals surface area contributed by atoms with Crippen LogP contribution in [0.5, 0.6) is 0 Å². The third kappa shape index (κ3) is 14.2. The lowest BCUT2D eigenvalue weighted by atomic mass is 9.76. The van der Waals surface area contributed by atoms with Crippen molar-refractivity contribution in [2.45, 2.75) is 170 Å². The van der Waals surface area contributed by atoms with Crippen LogP contribution in [-0.2, 0) is 38.0 Å². The molecule has 10 heteroatoms. The van der Waals surface area contributed by atoms with Crippen molar-refractivity contribution in [3.63, 3.8) is 0 Å². The summed E-state index contributed by atoms with van der Waals surface area (Å²) in [6.07, 6.45) is 10.7. The zero-order valence-electron chi connectivity index (χ0n) is 36.8. The molecule has 0 saturated carbocycles. The predicted octanol–water partition coefficient (Wildman–Crippen LogP) is 9.16. The number of esters is 2. The maximum absolute atomic E-state index is 13.9. The largest absolute Gasteiger partial charge is 0.495 e. The van der Waals surface area contributed by atoms with E-state index < -0.39 is 54.1 Å². The van der Waals surface area contributed by atoms with Gasteiger partial charge in [-0.1, -0.05) is 117 Å². The second-order valence-electron chi connectivity index (χ2n) is 16.9. The first-order valence-electron chi connectivity index (χ1n) is 21.0. The molecule has 320 valence electrons. The SMILES string of the molecule is C=C(CCCC)O[C@@H]1[C@H](C)/C=C(C)/C=C(\OC)C(=O)O[C@H]([C@@H](C)[C@@H](O)[C@H](C)[C@@]2(O)C[C@@H](OC(=O)CCCC)[C@H](C)[C@H](C(C)C)O2)[C@@H](OC)/C=C/C=C(\C)C[C@@H]1C. The Hall–Kier alpha value is -2.92. The van der Waals surface area contributed by atoms with Crippen LogP contribution in [-0.4, -0.2) is 78.8 Å². The highest BCUT2D eigenvalue weighted by Crippen LogP contribution is 2.43. The van der Waals surface area contributed by atoms with Crippen LogP contribution in [0.3, 0.4) is 0 Å². The number of aliphatic hydroxyl groups excluding tert-OH is 1. The number of hydrogen-bond donors (Lipinski definition) is 2. The number of rotatable bonds is 16. The van der Waals surface area contributed by atoms with E-state index in [1.54, 1.807) is 19.9 Å². The number of methoxy groups -OCH3 is 2. The molecule has 0 unspecified atom stereocenters. The Bertz CT molecular complexity index is 1380. The normalized spacial score (nSPS) is 34.6. The minimum atomic E-state index is -1.85. The van der Waals surface area contributed by atoms with Crippen molar-refractivity contribution < 1.29 is 48.2 Å². The van der Waals surface area contributed by atoms with Crippen molar-refractivity contribution in [2.24, 2.45) is 35.5 Å². The molecule has 0 aliphatic carbocycles. The molecular weight excluding hydrogens is 712 g/mol. The summed E-state index contributed by atoms with van der Waals surface area (Å²) in [6, 6.07) is 0. The average molecular weight is 789 g/mol. The van der Waals surface area contributed by atoms with Gasteiger partial charge in [-0.2, -0.15) is 0 Å². The van der Waals surface area contributed by atoms with Crippen LogP contribution in [0, 0.1) is 35.5 Å². The number of hydrogen-bond acceptors (Lipinski definition) is 10. The quantitative estimate of drug-likeness (QED) is 0.115. The molecule has 2 aliphatic heterocycles. The van der Waals surface area contributed by atoms with Gasteiger partial charge in [0.15, 0.2) is 5.79 Å². The second kappa shape index (κ2) is 23.5. The third-order valence-corrected chi connectivity index (χ3v) is 11.6. The van der Waals surface area contributed by atoms with Crippen LogP contribution in [0.2, 0.25) is 0 Å². The van der Waals surface area contributed by atoms with Crippen molar-refractivity contribution in [1.82, 2.24) is 0 Å². The smallest absolute Gasteiger partial charge is 0.373 e. The maximum atomic E-state index is 13.9. The third-order valence-electron chi connectivity index (χ3n) is 11.6. The van der Waals surface area contributed by atoms with Crippen LogP contribution < -0.4 is 0 Å². The van der Waals surface area contributed by atoms with E-state index >= 15 is 0 Å². The summed E-state index contributed by atoms with van der Waals surface area (Å²) in [6.45, 7) is 26.0. The number of allylic oxidation sites excluding steroid dienone is 6. The van der Waals surface area contributed by atoms with E-state index in [1.807, 2.05) is 52.8 Å². The summed E-state index contributed by atoms with van der Waals surface area (Å²) in [5, 5.41) is 24.3. The van der Waals surface area contributed by atoms with Crippen LogP contribution in [0.4, 0.5) is 0 Å². The topological polar surface area (TPSA) is 130 Å². The minimum Gasteiger partial charge on any atom is -0.495 e. The lowest BCUT2D eigenvalue weighted by Crippen LogP contribution is -2.59. The van der Waals surface area contributed by atoms with E-state index in [2.05, 4.69) is 40.3 Å². The van der Waals surface area contributed by atoms with E-state index in [0.29, 0.717) is 12.8 Å². The summed E-state index contributed by atoms with van der Waals surface area (Å²) in [7, 11) is 2.94. The molecule has 0 spiro atoms. The highest BCUT2D eigenvalue weighted by molar-refractivity contribution is 5.87. The fraction of sp³-hybridized carbons (Fsp3) is 0.739. The maximum Gasteiger partial charge on any atom is 0.373 e. The van der Waals surface area contributed by atoms with Gasteiger partial charge in [0, 0.05) is 50.0 Å². The number of aliphatic hydroxyl groups is 2. The van der Waals surface area contributed by atoms with Gasteiger partial charge in [-0.15, -0.1) is 0 Å². The summed E-state index contributed by atoms with van der Waals surface area (Å²) >= 11 is 0. The van der Waals surface area contributed by atoms with Gasteiger partial charge in [0.1, 0.15) is 24.4 Å². The molecule has 1 saturated heterocycles. The summed E-state index contributed by atoms with van der Waals surface area (Å²) in [5.41, 5.74) is 1.92. The lowest BCUT2D eigenvalue weighted by Gasteiger charge is -2.50. The molecule has 0 radical (unpaired) electrons. The number of unbranched alkanes of at least 4 members (excludes halogenated alkanes) is 2. The van der Waals surface area contributed by atoms with Gasteiger partial charge < -0.3 is 38.6 Å². The Morgan fingerprint density at radius 1 is 1.02 bits per heavy atom.